The second-order valence-corrected chi connectivity index (χ2v) is 6.32. The minimum absolute atomic E-state index is 0.203. The van der Waals surface area contributed by atoms with Crippen LogP contribution in [0.1, 0.15) is 36.1 Å². The molecule has 0 fully saturated rings. The Morgan fingerprint density at radius 2 is 2.04 bits per heavy atom. The van der Waals surface area contributed by atoms with Crippen molar-refractivity contribution in [3.8, 4) is 5.75 Å². The Balaban J connectivity index is 1.46. The molecule has 6 heteroatoms. The molecule has 0 radical (unpaired) electrons. The number of aromatic nitrogens is 1. The van der Waals surface area contributed by atoms with Gasteiger partial charge in [-0.3, -0.25) is 15.2 Å². The molecular weight excluding hydrogens is 342 g/mol. The minimum Gasteiger partial charge on any atom is -0.492 e. The van der Waals surface area contributed by atoms with E-state index in [0.717, 1.165) is 42.0 Å². The van der Waals surface area contributed by atoms with Gasteiger partial charge in [-0.05, 0) is 36.1 Å². The second kappa shape index (κ2) is 9.52. The molecule has 2 heterocycles. The first-order chi connectivity index (χ1) is 13.2. The smallest absolute Gasteiger partial charge is 0.303 e. The first-order valence-corrected chi connectivity index (χ1v) is 9.07. The van der Waals surface area contributed by atoms with Crippen molar-refractivity contribution in [3.63, 3.8) is 0 Å². The molecule has 0 bridgehead atoms. The van der Waals surface area contributed by atoms with Gasteiger partial charge >= 0.3 is 5.97 Å². The van der Waals surface area contributed by atoms with Crippen molar-refractivity contribution in [3.05, 3.63) is 65.5 Å². The molecule has 3 rings (SSSR count). The lowest BCUT2D eigenvalue weighted by atomic mass is 10.0. The molecule has 140 valence electrons. The molecule has 0 saturated carbocycles. The van der Waals surface area contributed by atoms with Gasteiger partial charge in [0.25, 0.3) is 0 Å². The highest BCUT2D eigenvalue weighted by atomic mass is 16.5. The first-order valence-electron chi connectivity index (χ1n) is 9.07. The van der Waals surface area contributed by atoms with E-state index in [2.05, 4.69) is 27.6 Å². The first kappa shape index (κ1) is 18.6. The monoisotopic (exact) mass is 365 g/mol. The van der Waals surface area contributed by atoms with Crippen molar-refractivity contribution in [1.29, 1.82) is 0 Å². The van der Waals surface area contributed by atoms with E-state index in [4.69, 9.17) is 9.84 Å². The molecule has 2 aromatic rings. The van der Waals surface area contributed by atoms with E-state index in [-0.39, 0.29) is 6.42 Å². The molecule has 0 amide bonds. The molecule has 1 aromatic carbocycles. The lowest BCUT2D eigenvalue weighted by molar-refractivity contribution is -0.137. The summed E-state index contributed by atoms with van der Waals surface area (Å²) in [4.78, 5) is 15.0. The van der Waals surface area contributed by atoms with Gasteiger partial charge in [-0.25, -0.2) is 0 Å². The molecule has 6 nitrogen and oxygen atoms in total. The van der Waals surface area contributed by atoms with Gasteiger partial charge in [0.1, 0.15) is 5.75 Å². The van der Waals surface area contributed by atoms with Crippen LogP contribution in [-0.2, 0) is 17.6 Å². The third kappa shape index (κ3) is 5.95. The molecule has 1 aliphatic heterocycles. The van der Waals surface area contributed by atoms with Crippen molar-refractivity contribution in [2.45, 2.75) is 32.1 Å². The Kier molecular flexibility index (Phi) is 6.57. The van der Waals surface area contributed by atoms with Gasteiger partial charge in [-0.15, -0.1) is 0 Å². The van der Waals surface area contributed by atoms with Crippen molar-refractivity contribution >= 4 is 17.9 Å². The van der Waals surface area contributed by atoms with Crippen LogP contribution in [0.2, 0.25) is 0 Å². The molecule has 0 saturated heterocycles. The van der Waals surface area contributed by atoms with Gasteiger partial charge in [0.15, 0.2) is 0 Å². The fourth-order valence-corrected chi connectivity index (χ4v) is 2.84. The summed E-state index contributed by atoms with van der Waals surface area (Å²) in [5.74, 6) is -0.0151. The summed E-state index contributed by atoms with van der Waals surface area (Å²) in [7, 11) is 0. The number of carbonyl (C=O) groups is 1. The van der Waals surface area contributed by atoms with Crippen LogP contribution in [-0.4, -0.2) is 28.9 Å². The number of nitrogens with zero attached hydrogens (tertiary/aromatic N) is 2. The number of hydrogen-bond donors (Lipinski definition) is 2. The number of carboxylic acids is 1. The highest BCUT2D eigenvalue weighted by Gasteiger charge is 2.05. The van der Waals surface area contributed by atoms with E-state index in [0.29, 0.717) is 13.0 Å². The third-order valence-corrected chi connectivity index (χ3v) is 4.22. The zero-order valence-corrected chi connectivity index (χ0v) is 15.1. The number of carboxylic acid groups (broad SMARTS) is 1. The summed E-state index contributed by atoms with van der Waals surface area (Å²) >= 11 is 0. The quantitative estimate of drug-likeness (QED) is 0.711. The van der Waals surface area contributed by atoms with Crippen LogP contribution in [0.25, 0.3) is 5.70 Å². The number of hydrazone groups is 1. The fraction of sp³-hybridized carbons (Fsp3) is 0.286. The molecule has 0 spiro atoms. The van der Waals surface area contributed by atoms with E-state index in [1.165, 1.54) is 5.56 Å². The van der Waals surface area contributed by atoms with Crippen LogP contribution >= 0.6 is 0 Å². The number of hydrogen-bond acceptors (Lipinski definition) is 5. The lowest BCUT2D eigenvalue weighted by Gasteiger charge is -2.11. The van der Waals surface area contributed by atoms with Crippen molar-refractivity contribution in [2.75, 3.05) is 6.61 Å². The van der Waals surface area contributed by atoms with E-state index in [9.17, 15) is 4.79 Å². The van der Waals surface area contributed by atoms with Crippen LogP contribution in [0.5, 0.6) is 5.75 Å². The molecule has 1 aromatic heterocycles. The van der Waals surface area contributed by atoms with Crippen LogP contribution < -0.4 is 10.2 Å². The maximum atomic E-state index is 10.6. The molecule has 2 N–H and O–H groups in total. The normalized spacial score (nSPS) is 13.0. The summed E-state index contributed by atoms with van der Waals surface area (Å²) in [6, 6.07) is 12.0. The predicted molar refractivity (Wildman–Crippen MR) is 105 cm³/mol. The lowest BCUT2D eigenvalue weighted by Crippen LogP contribution is -2.09. The summed E-state index contributed by atoms with van der Waals surface area (Å²) < 4.78 is 5.80. The van der Waals surface area contributed by atoms with Crippen LogP contribution in [0.15, 0.2) is 53.8 Å². The van der Waals surface area contributed by atoms with Crippen molar-refractivity contribution < 1.29 is 14.6 Å². The number of pyridine rings is 1. The van der Waals surface area contributed by atoms with Gasteiger partial charge < -0.3 is 9.84 Å². The number of ether oxygens (including phenoxy) is 1. The van der Waals surface area contributed by atoms with Gasteiger partial charge in [-0.2, -0.15) is 5.10 Å². The fourth-order valence-electron chi connectivity index (χ4n) is 2.84. The Hall–Kier alpha value is -3.15. The van der Waals surface area contributed by atoms with E-state index in [1.54, 1.807) is 6.20 Å². The van der Waals surface area contributed by atoms with Crippen molar-refractivity contribution in [1.82, 2.24) is 10.4 Å². The zero-order valence-electron chi connectivity index (χ0n) is 15.1. The van der Waals surface area contributed by atoms with Crippen molar-refractivity contribution in [2.24, 2.45) is 5.10 Å². The Bertz CT molecular complexity index is 829. The zero-order chi connectivity index (χ0) is 18.9. The van der Waals surface area contributed by atoms with E-state index in [1.807, 2.05) is 36.6 Å². The number of rotatable bonds is 9. The molecule has 0 atom stereocenters. The predicted octanol–water partition coefficient (Wildman–Crippen LogP) is 3.43. The molecular formula is C21H23N3O3. The topological polar surface area (TPSA) is 83.8 Å². The van der Waals surface area contributed by atoms with Gasteiger partial charge in [0.05, 0.1) is 24.2 Å². The highest BCUT2D eigenvalue weighted by molar-refractivity contribution is 5.71. The summed E-state index contributed by atoms with van der Waals surface area (Å²) in [5, 5.41) is 12.8. The third-order valence-electron chi connectivity index (χ3n) is 4.22. The second-order valence-electron chi connectivity index (χ2n) is 6.32. The average molecular weight is 365 g/mol. The van der Waals surface area contributed by atoms with Gasteiger partial charge in [-0.1, -0.05) is 30.3 Å². The Morgan fingerprint density at radius 3 is 2.74 bits per heavy atom. The SMILES string of the molecule is O=C(O)CCCc1cccc(CCOc2ccc(C3=CCC=NN3)nc2)c1. The summed E-state index contributed by atoms with van der Waals surface area (Å²) in [6.07, 6.45) is 8.80. The number of benzene rings is 1. The van der Waals surface area contributed by atoms with E-state index < -0.39 is 5.97 Å². The molecule has 1 aliphatic rings. The minimum atomic E-state index is -0.748. The number of aryl methyl sites for hydroxylation is 1. The van der Waals surface area contributed by atoms with Crippen LogP contribution in [0.3, 0.4) is 0 Å². The van der Waals surface area contributed by atoms with Gasteiger partial charge in [0, 0.05) is 25.5 Å². The maximum absolute atomic E-state index is 10.6. The van der Waals surface area contributed by atoms with Gasteiger partial charge in [0.2, 0.25) is 0 Å². The average Bonchev–Trinajstić information content (AvgIpc) is 2.69. The summed E-state index contributed by atoms with van der Waals surface area (Å²) in [5.41, 5.74) is 7.03. The molecule has 27 heavy (non-hydrogen) atoms. The number of nitrogens with one attached hydrogen (secondary N) is 1. The molecule has 0 unspecified atom stereocenters. The van der Waals surface area contributed by atoms with E-state index >= 15 is 0 Å². The standard InChI is InChI=1S/C21H23N3O3/c25-21(26)8-2-6-16-4-1-5-17(14-16)11-13-27-18-9-10-19(22-15-18)20-7-3-12-23-24-20/h1,4-5,7,9-10,12,14-15,24H,2-3,6,8,11,13H2,(H,25,26). The number of aliphatic carboxylic acids is 1. The number of allylic oxidation sites excluding steroid dienone is 1. The highest BCUT2D eigenvalue weighted by Crippen LogP contribution is 2.16. The summed E-state index contributed by atoms with van der Waals surface area (Å²) in [6.45, 7) is 0.560. The van der Waals surface area contributed by atoms with Crippen LogP contribution in [0.4, 0.5) is 0 Å². The maximum Gasteiger partial charge on any atom is 0.303 e. The molecule has 0 aliphatic carbocycles. The Labute approximate surface area is 158 Å². The largest absolute Gasteiger partial charge is 0.492 e. The Morgan fingerprint density at radius 1 is 1.19 bits per heavy atom. The van der Waals surface area contributed by atoms with Crippen LogP contribution in [0, 0.1) is 0 Å².